The number of para-hydroxylation sites is 2. The fraction of sp³-hybridized carbons (Fsp3) is 0.250. The number of anilines is 2. The van der Waals surface area contributed by atoms with Crippen molar-refractivity contribution in [1.82, 2.24) is 20.2 Å². The van der Waals surface area contributed by atoms with E-state index in [2.05, 4.69) is 20.2 Å². The molecule has 1 N–H and O–H groups in total. The van der Waals surface area contributed by atoms with E-state index >= 15 is 0 Å². The lowest BCUT2D eigenvalue weighted by atomic mass is 10.2. The first-order valence-electron chi connectivity index (χ1n) is 12.2. The minimum atomic E-state index is -0.143. The van der Waals surface area contributed by atoms with Crippen LogP contribution in [0.25, 0.3) is 11.4 Å². The van der Waals surface area contributed by atoms with Crippen molar-refractivity contribution in [2.45, 2.75) is 30.6 Å². The molecule has 1 aliphatic rings. The number of nitrogens with one attached hydrogen (secondary N) is 1. The molecule has 1 aliphatic heterocycles. The summed E-state index contributed by atoms with van der Waals surface area (Å²) in [6.45, 7) is 1.41. The minimum absolute atomic E-state index is 0.104. The van der Waals surface area contributed by atoms with E-state index < -0.39 is 0 Å². The third-order valence-electron chi connectivity index (χ3n) is 6.07. The van der Waals surface area contributed by atoms with Gasteiger partial charge in [0.2, 0.25) is 5.91 Å². The number of hydrazine groups is 1. The molecule has 1 saturated heterocycles. The lowest BCUT2D eigenvalue weighted by Crippen LogP contribution is -2.40. The normalized spacial score (nSPS) is 14.9. The summed E-state index contributed by atoms with van der Waals surface area (Å²) in [5.41, 5.74) is 5.71. The molecule has 9 heteroatoms. The summed E-state index contributed by atoms with van der Waals surface area (Å²) in [6.07, 6.45) is 2.14. The van der Waals surface area contributed by atoms with Gasteiger partial charge in [0.25, 0.3) is 0 Å². The van der Waals surface area contributed by atoms with Gasteiger partial charge in [-0.3, -0.25) is 19.8 Å². The number of thioether (sulfide) groups is 1. The van der Waals surface area contributed by atoms with Crippen LogP contribution in [0.3, 0.4) is 0 Å². The van der Waals surface area contributed by atoms with Crippen LogP contribution in [0.1, 0.15) is 12.8 Å². The second-order valence-corrected chi connectivity index (χ2v) is 9.55. The lowest BCUT2D eigenvalue weighted by Gasteiger charge is -2.25. The highest BCUT2D eigenvalue weighted by atomic mass is 32.2. The monoisotopic (exact) mass is 515 g/mol. The predicted octanol–water partition coefficient (Wildman–Crippen LogP) is 5.09. The number of ether oxygens (including phenoxy) is 2. The fourth-order valence-electron chi connectivity index (χ4n) is 4.23. The van der Waals surface area contributed by atoms with Crippen LogP contribution in [0.4, 0.5) is 11.4 Å². The molecule has 0 radical (unpaired) electrons. The van der Waals surface area contributed by atoms with Crippen LogP contribution in [0.5, 0.6) is 5.75 Å². The van der Waals surface area contributed by atoms with E-state index in [4.69, 9.17) is 9.47 Å². The number of hydrogen-bond donors (Lipinski definition) is 1. The summed E-state index contributed by atoms with van der Waals surface area (Å²) < 4.78 is 13.2. The van der Waals surface area contributed by atoms with Gasteiger partial charge in [-0.25, -0.2) is 0 Å². The first-order valence-corrected chi connectivity index (χ1v) is 13.2. The van der Waals surface area contributed by atoms with Gasteiger partial charge in [0.1, 0.15) is 5.75 Å². The van der Waals surface area contributed by atoms with Crippen molar-refractivity contribution in [3.8, 4) is 17.1 Å². The molecular formula is C28H29N5O3S. The number of rotatable bonds is 10. The number of nitrogens with zero attached hydrogens (tertiary/aromatic N) is 4. The molecule has 37 heavy (non-hydrogen) atoms. The summed E-state index contributed by atoms with van der Waals surface area (Å²) in [5, 5.41) is 11.4. The van der Waals surface area contributed by atoms with E-state index in [1.54, 1.807) is 12.1 Å². The molecule has 0 saturated carbocycles. The number of aromatic nitrogens is 3. The topological polar surface area (TPSA) is 81.5 Å². The molecule has 2 heterocycles. The third-order valence-corrected chi connectivity index (χ3v) is 7.04. The average molecular weight is 516 g/mol. The Morgan fingerprint density at radius 2 is 1.70 bits per heavy atom. The van der Waals surface area contributed by atoms with Crippen LogP contribution < -0.4 is 15.2 Å². The molecule has 3 aromatic carbocycles. The zero-order chi connectivity index (χ0) is 25.5. The SMILES string of the molecule is COc1ccc(-c2nnc(SCC(=O)NN(c3ccccc3)c3ccccc3)n2C[C@H]2CCCO2)cc1. The molecule has 190 valence electrons. The molecule has 1 atom stereocenters. The van der Waals surface area contributed by atoms with Crippen molar-refractivity contribution in [3.05, 3.63) is 84.9 Å². The first-order chi connectivity index (χ1) is 18.2. The number of amides is 1. The van der Waals surface area contributed by atoms with E-state index in [1.165, 1.54) is 11.8 Å². The Kier molecular flexibility index (Phi) is 8.02. The molecule has 1 amide bonds. The Hall–Kier alpha value is -3.82. The van der Waals surface area contributed by atoms with Crippen LogP contribution in [-0.2, 0) is 16.1 Å². The van der Waals surface area contributed by atoms with Gasteiger partial charge < -0.3 is 9.47 Å². The van der Waals surface area contributed by atoms with Crippen molar-refractivity contribution < 1.29 is 14.3 Å². The molecular weight excluding hydrogens is 486 g/mol. The summed E-state index contributed by atoms with van der Waals surface area (Å²) in [7, 11) is 1.64. The standard InChI is InChI=1S/C28H29N5O3S/c1-35-24-16-14-21(15-17-24)27-29-30-28(32(27)19-25-13-8-18-36-25)37-20-26(34)31-33(22-9-4-2-5-10-22)23-11-6-3-7-12-23/h2-7,9-12,14-17,25H,8,13,18-20H2,1H3,(H,31,34)/t25-/m1/s1. The molecule has 4 aromatic rings. The number of benzene rings is 3. The highest BCUT2D eigenvalue weighted by Crippen LogP contribution is 2.28. The van der Waals surface area contributed by atoms with Gasteiger partial charge in [0, 0.05) is 12.2 Å². The van der Waals surface area contributed by atoms with Gasteiger partial charge in [-0.15, -0.1) is 10.2 Å². The van der Waals surface area contributed by atoms with E-state index in [1.807, 2.05) is 84.9 Å². The largest absolute Gasteiger partial charge is 0.497 e. The van der Waals surface area contributed by atoms with Crippen molar-refractivity contribution in [2.24, 2.45) is 0 Å². The van der Waals surface area contributed by atoms with Gasteiger partial charge in [-0.1, -0.05) is 48.2 Å². The van der Waals surface area contributed by atoms with Crippen molar-refractivity contribution in [3.63, 3.8) is 0 Å². The van der Waals surface area contributed by atoms with Crippen LogP contribution >= 0.6 is 11.8 Å². The van der Waals surface area contributed by atoms with Gasteiger partial charge in [0.05, 0.1) is 36.9 Å². The maximum atomic E-state index is 13.1. The quantitative estimate of drug-likeness (QED) is 0.233. The predicted molar refractivity (Wildman–Crippen MR) is 145 cm³/mol. The van der Waals surface area contributed by atoms with Crippen molar-refractivity contribution >= 4 is 29.0 Å². The molecule has 0 unspecified atom stereocenters. The zero-order valence-corrected chi connectivity index (χ0v) is 21.4. The molecule has 8 nitrogen and oxygen atoms in total. The molecule has 5 rings (SSSR count). The molecule has 0 aliphatic carbocycles. The van der Waals surface area contributed by atoms with E-state index in [9.17, 15) is 4.79 Å². The van der Waals surface area contributed by atoms with Gasteiger partial charge >= 0.3 is 0 Å². The van der Waals surface area contributed by atoms with Crippen molar-refractivity contribution in [1.29, 1.82) is 0 Å². The molecule has 1 fully saturated rings. The third kappa shape index (κ3) is 6.12. The number of carbonyl (C=O) groups excluding carboxylic acids is 1. The fourth-order valence-corrected chi connectivity index (χ4v) is 4.97. The molecule has 0 bridgehead atoms. The highest BCUT2D eigenvalue weighted by Gasteiger charge is 2.23. The summed E-state index contributed by atoms with van der Waals surface area (Å²) in [4.78, 5) is 13.1. The lowest BCUT2D eigenvalue weighted by molar-refractivity contribution is -0.118. The Labute approximate surface area is 220 Å². The molecule has 0 spiro atoms. The van der Waals surface area contributed by atoms with Crippen molar-refractivity contribution in [2.75, 3.05) is 24.5 Å². The molecule has 1 aromatic heterocycles. The highest BCUT2D eigenvalue weighted by molar-refractivity contribution is 7.99. The van der Waals surface area contributed by atoms with Gasteiger partial charge in [-0.2, -0.15) is 0 Å². The van der Waals surface area contributed by atoms with Crippen LogP contribution in [0, 0.1) is 0 Å². The number of hydrogen-bond acceptors (Lipinski definition) is 7. The number of methoxy groups -OCH3 is 1. The zero-order valence-electron chi connectivity index (χ0n) is 20.6. The Bertz CT molecular complexity index is 1250. The second kappa shape index (κ2) is 11.9. The first kappa shape index (κ1) is 24.9. The number of carbonyl (C=O) groups is 1. The maximum absolute atomic E-state index is 13.1. The van der Waals surface area contributed by atoms with E-state index in [0.717, 1.165) is 48.0 Å². The smallest absolute Gasteiger partial charge is 0.249 e. The minimum Gasteiger partial charge on any atom is -0.497 e. The maximum Gasteiger partial charge on any atom is 0.249 e. The average Bonchev–Trinajstić information content (AvgIpc) is 3.62. The van der Waals surface area contributed by atoms with E-state index in [-0.39, 0.29) is 17.8 Å². The summed E-state index contributed by atoms with van der Waals surface area (Å²) in [6, 6.07) is 27.3. The summed E-state index contributed by atoms with van der Waals surface area (Å²) in [5.74, 6) is 1.57. The second-order valence-electron chi connectivity index (χ2n) is 8.61. The summed E-state index contributed by atoms with van der Waals surface area (Å²) >= 11 is 1.36. The van der Waals surface area contributed by atoms with Crippen LogP contribution in [-0.4, -0.2) is 46.2 Å². The van der Waals surface area contributed by atoms with Crippen LogP contribution in [0.15, 0.2) is 90.1 Å². The van der Waals surface area contributed by atoms with Gasteiger partial charge in [-0.05, 0) is 61.4 Å². The van der Waals surface area contributed by atoms with E-state index in [0.29, 0.717) is 11.7 Å². The van der Waals surface area contributed by atoms with Gasteiger partial charge in [0.15, 0.2) is 11.0 Å². The Morgan fingerprint density at radius 3 is 2.30 bits per heavy atom. The Morgan fingerprint density at radius 1 is 1.03 bits per heavy atom. The van der Waals surface area contributed by atoms with Crippen LogP contribution in [0.2, 0.25) is 0 Å². The Balaban J connectivity index is 1.33.